The summed E-state index contributed by atoms with van der Waals surface area (Å²) in [5, 5.41) is 2.76. The molecule has 0 radical (unpaired) electrons. The molecule has 1 N–H and O–H groups in total. The van der Waals surface area contributed by atoms with Crippen molar-refractivity contribution in [2.75, 3.05) is 5.32 Å². The molecule has 1 aromatic heterocycles. The first-order valence-corrected chi connectivity index (χ1v) is 6.49. The van der Waals surface area contributed by atoms with Gasteiger partial charge >= 0.3 is 0 Å². The number of nitrogens with one attached hydrogen (secondary N) is 1. The Bertz CT molecular complexity index is 658. The first kappa shape index (κ1) is 11.2. The highest BCUT2D eigenvalue weighted by Gasteiger charge is 2.20. The van der Waals surface area contributed by atoms with E-state index in [1.54, 1.807) is 12.1 Å². The molecule has 0 atom stereocenters. The maximum Gasteiger partial charge on any atom is 0.228 e. The SMILES string of the molecule is Cc1ccc(C(=O)c2ccc3c(c2)CC(=O)N3)s1. The van der Waals surface area contributed by atoms with E-state index in [2.05, 4.69) is 5.32 Å². The summed E-state index contributed by atoms with van der Waals surface area (Å²) in [7, 11) is 0. The Kier molecular flexibility index (Phi) is 2.52. The molecule has 1 aromatic carbocycles. The van der Waals surface area contributed by atoms with Crippen LogP contribution in [0.3, 0.4) is 0 Å². The van der Waals surface area contributed by atoms with Crippen molar-refractivity contribution in [1.82, 2.24) is 0 Å². The lowest BCUT2D eigenvalue weighted by atomic mass is 10.0. The van der Waals surface area contributed by atoms with Gasteiger partial charge in [-0.05, 0) is 42.8 Å². The second-order valence-electron chi connectivity index (χ2n) is 4.34. The third kappa shape index (κ3) is 1.84. The molecule has 0 fully saturated rings. The van der Waals surface area contributed by atoms with Crippen molar-refractivity contribution in [3.8, 4) is 0 Å². The minimum Gasteiger partial charge on any atom is -0.326 e. The highest BCUT2D eigenvalue weighted by atomic mass is 32.1. The maximum atomic E-state index is 12.2. The zero-order valence-electron chi connectivity index (χ0n) is 9.82. The Labute approximate surface area is 108 Å². The molecule has 1 aliphatic heterocycles. The number of rotatable bonds is 2. The van der Waals surface area contributed by atoms with E-state index in [0.29, 0.717) is 12.0 Å². The van der Waals surface area contributed by atoms with E-state index in [9.17, 15) is 9.59 Å². The van der Waals surface area contributed by atoms with Gasteiger partial charge in [-0.2, -0.15) is 0 Å². The molecule has 2 aromatic rings. The lowest BCUT2D eigenvalue weighted by molar-refractivity contribution is -0.115. The van der Waals surface area contributed by atoms with Gasteiger partial charge in [0.05, 0.1) is 11.3 Å². The van der Waals surface area contributed by atoms with Crippen LogP contribution in [0.25, 0.3) is 0 Å². The number of ketones is 1. The van der Waals surface area contributed by atoms with Crippen LogP contribution in [0.1, 0.15) is 25.7 Å². The molecule has 1 amide bonds. The smallest absolute Gasteiger partial charge is 0.228 e. The van der Waals surface area contributed by atoms with Crippen molar-refractivity contribution >= 4 is 28.7 Å². The van der Waals surface area contributed by atoms with Crippen LogP contribution >= 0.6 is 11.3 Å². The number of carbonyl (C=O) groups excluding carboxylic acids is 2. The molecule has 0 spiro atoms. The molecular weight excluding hydrogens is 246 g/mol. The topological polar surface area (TPSA) is 46.2 Å². The number of thiophene rings is 1. The van der Waals surface area contributed by atoms with E-state index in [4.69, 9.17) is 0 Å². The summed E-state index contributed by atoms with van der Waals surface area (Å²) in [6, 6.07) is 9.16. The van der Waals surface area contributed by atoms with Gasteiger partial charge in [0.1, 0.15) is 0 Å². The fourth-order valence-electron chi connectivity index (χ4n) is 2.07. The van der Waals surface area contributed by atoms with Crippen LogP contribution in [0.5, 0.6) is 0 Å². The molecule has 0 unspecified atom stereocenters. The molecule has 4 heteroatoms. The fourth-order valence-corrected chi connectivity index (χ4v) is 2.90. The van der Waals surface area contributed by atoms with Gasteiger partial charge in [0, 0.05) is 16.1 Å². The van der Waals surface area contributed by atoms with E-state index in [1.807, 2.05) is 25.1 Å². The summed E-state index contributed by atoms with van der Waals surface area (Å²) >= 11 is 1.49. The molecule has 18 heavy (non-hydrogen) atoms. The number of hydrogen-bond acceptors (Lipinski definition) is 3. The highest BCUT2D eigenvalue weighted by molar-refractivity contribution is 7.14. The Morgan fingerprint density at radius 3 is 2.83 bits per heavy atom. The molecule has 90 valence electrons. The minimum absolute atomic E-state index is 0.0124. The summed E-state index contributed by atoms with van der Waals surface area (Å²) in [6.07, 6.45) is 0.361. The van der Waals surface area contributed by atoms with Gasteiger partial charge in [0.15, 0.2) is 0 Å². The van der Waals surface area contributed by atoms with E-state index in [1.165, 1.54) is 11.3 Å². The summed E-state index contributed by atoms with van der Waals surface area (Å²) in [5.41, 5.74) is 2.37. The summed E-state index contributed by atoms with van der Waals surface area (Å²) in [5.74, 6) is 0.0109. The molecule has 3 rings (SSSR count). The molecule has 0 bridgehead atoms. The summed E-state index contributed by atoms with van der Waals surface area (Å²) in [4.78, 5) is 25.4. The van der Waals surface area contributed by atoms with Crippen LogP contribution in [-0.4, -0.2) is 11.7 Å². The van der Waals surface area contributed by atoms with Gasteiger partial charge in [-0.25, -0.2) is 0 Å². The number of aryl methyl sites for hydroxylation is 1. The standard InChI is InChI=1S/C14H11NO2S/c1-8-2-5-12(18-8)14(17)9-3-4-11-10(6-9)7-13(16)15-11/h2-6H,7H2,1H3,(H,15,16). The minimum atomic E-state index is -0.0124. The van der Waals surface area contributed by atoms with E-state index in [0.717, 1.165) is 21.0 Å². The monoisotopic (exact) mass is 257 g/mol. The van der Waals surface area contributed by atoms with E-state index < -0.39 is 0 Å². The first-order chi connectivity index (χ1) is 8.63. The average molecular weight is 257 g/mol. The molecule has 3 nitrogen and oxygen atoms in total. The number of carbonyl (C=O) groups is 2. The van der Waals surface area contributed by atoms with Crippen molar-refractivity contribution in [2.24, 2.45) is 0 Å². The van der Waals surface area contributed by atoms with Gasteiger partial charge in [-0.15, -0.1) is 11.3 Å². The van der Waals surface area contributed by atoms with Crippen LogP contribution in [-0.2, 0) is 11.2 Å². The zero-order chi connectivity index (χ0) is 12.7. The predicted molar refractivity (Wildman–Crippen MR) is 71.3 cm³/mol. The molecule has 2 heterocycles. The van der Waals surface area contributed by atoms with Crippen LogP contribution in [0.2, 0.25) is 0 Å². The average Bonchev–Trinajstić information content (AvgIpc) is 2.92. The lowest BCUT2D eigenvalue weighted by Gasteiger charge is -2.02. The van der Waals surface area contributed by atoms with Gasteiger partial charge in [-0.3, -0.25) is 9.59 Å². The normalized spacial score (nSPS) is 13.3. The van der Waals surface area contributed by atoms with Crippen molar-refractivity contribution < 1.29 is 9.59 Å². The maximum absolute atomic E-state index is 12.2. The van der Waals surface area contributed by atoms with Crippen molar-refractivity contribution in [2.45, 2.75) is 13.3 Å². The quantitative estimate of drug-likeness (QED) is 0.841. The number of anilines is 1. The van der Waals surface area contributed by atoms with Gasteiger partial charge in [0.25, 0.3) is 0 Å². The van der Waals surface area contributed by atoms with Crippen LogP contribution in [0.15, 0.2) is 30.3 Å². The number of benzene rings is 1. The van der Waals surface area contributed by atoms with Crippen molar-refractivity contribution in [1.29, 1.82) is 0 Å². The molecular formula is C14H11NO2S. The lowest BCUT2D eigenvalue weighted by Crippen LogP contribution is -2.03. The van der Waals surface area contributed by atoms with Gasteiger partial charge in [0.2, 0.25) is 11.7 Å². The Morgan fingerprint density at radius 1 is 1.28 bits per heavy atom. The molecule has 1 aliphatic rings. The van der Waals surface area contributed by atoms with Gasteiger partial charge in [-0.1, -0.05) is 0 Å². The predicted octanol–water partition coefficient (Wildman–Crippen LogP) is 2.78. The highest BCUT2D eigenvalue weighted by Crippen LogP contribution is 2.26. The van der Waals surface area contributed by atoms with E-state index >= 15 is 0 Å². The Balaban J connectivity index is 1.96. The third-order valence-corrected chi connectivity index (χ3v) is 3.96. The fraction of sp³-hybridized carbons (Fsp3) is 0.143. The molecule has 0 aliphatic carbocycles. The second-order valence-corrected chi connectivity index (χ2v) is 5.62. The second kappa shape index (κ2) is 4.07. The van der Waals surface area contributed by atoms with E-state index in [-0.39, 0.29) is 11.7 Å². The Morgan fingerprint density at radius 2 is 2.11 bits per heavy atom. The van der Waals surface area contributed by atoms with Crippen molar-refractivity contribution in [3.05, 3.63) is 51.2 Å². The zero-order valence-corrected chi connectivity index (χ0v) is 10.6. The number of amides is 1. The third-order valence-electron chi connectivity index (χ3n) is 2.96. The van der Waals surface area contributed by atoms with Crippen LogP contribution in [0.4, 0.5) is 5.69 Å². The van der Waals surface area contributed by atoms with Crippen molar-refractivity contribution in [3.63, 3.8) is 0 Å². The number of hydrogen-bond donors (Lipinski definition) is 1. The largest absolute Gasteiger partial charge is 0.326 e. The Hall–Kier alpha value is -1.94. The summed E-state index contributed by atoms with van der Waals surface area (Å²) < 4.78 is 0. The number of fused-ring (bicyclic) bond motifs is 1. The molecule has 0 saturated heterocycles. The summed E-state index contributed by atoms with van der Waals surface area (Å²) in [6.45, 7) is 1.98. The van der Waals surface area contributed by atoms with Crippen LogP contribution < -0.4 is 5.32 Å². The van der Waals surface area contributed by atoms with Crippen LogP contribution in [0, 0.1) is 6.92 Å². The molecule has 0 saturated carbocycles. The first-order valence-electron chi connectivity index (χ1n) is 5.67. The van der Waals surface area contributed by atoms with Gasteiger partial charge < -0.3 is 5.32 Å².